The van der Waals surface area contributed by atoms with E-state index in [9.17, 15) is 4.79 Å². The molecule has 0 atom stereocenters. The molecule has 0 saturated carbocycles. The second-order valence-electron chi connectivity index (χ2n) is 5.36. The number of anilines is 1. The zero-order valence-corrected chi connectivity index (χ0v) is 14.8. The van der Waals surface area contributed by atoms with Crippen molar-refractivity contribution in [2.24, 2.45) is 0 Å². The van der Waals surface area contributed by atoms with Crippen LogP contribution in [0.2, 0.25) is 0 Å². The maximum absolute atomic E-state index is 11.1. The number of carbonyl (C=O) groups is 1. The number of rotatable bonds is 8. The summed E-state index contributed by atoms with van der Waals surface area (Å²) in [5.41, 5.74) is 1.30. The monoisotopic (exact) mass is 353 g/mol. The summed E-state index contributed by atoms with van der Waals surface area (Å²) >= 11 is 6.78. The van der Waals surface area contributed by atoms with Crippen molar-refractivity contribution in [2.45, 2.75) is 32.6 Å². The molecule has 0 saturated heterocycles. The zero-order valence-electron chi connectivity index (χ0n) is 13.2. The summed E-state index contributed by atoms with van der Waals surface area (Å²) < 4.78 is 5.72. The summed E-state index contributed by atoms with van der Waals surface area (Å²) in [6, 6.07) is 8.19. The van der Waals surface area contributed by atoms with Gasteiger partial charge in [0.25, 0.3) is 0 Å². The van der Waals surface area contributed by atoms with Gasteiger partial charge in [0, 0.05) is 6.42 Å². The number of alkyl halides is 1. The molecule has 0 bridgehead atoms. The molecule has 7 heteroatoms. The minimum atomic E-state index is -0.275. The largest absolute Gasteiger partial charge is 0.494 e. The number of nitrogens with zero attached hydrogens (tertiary/aromatic N) is 2. The first kappa shape index (κ1) is 17.7. The standard InChI is InChI=1S/C16H20ClN3O2S/c1-11(2)12-5-7-13(8-6-12)22-9-3-4-15-19-20-16(23-15)18-14(21)10-17/h5-8,11H,3-4,9-10H2,1-2H3,(H,18,20,21). The second-order valence-corrected chi connectivity index (χ2v) is 6.69. The van der Waals surface area contributed by atoms with Gasteiger partial charge in [0.1, 0.15) is 16.6 Å². The molecule has 1 aromatic heterocycles. The van der Waals surface area contributed by atoms with Crippen molar-refractivity contribution in [3.05, 3.63) is 34.8 Å². The Balaban J connectivity index is 1.72. The summed E-state index contributed by atoms with van der Waals surface area (Å²) in [6.07, 6.45) is 1.60. The van der Waals surface area contributed by atoms with Crippen LogP contribution in [-0.2, 0) is 11.2 Å². The molecule has 1 N–H and O–H groups in total. The average Bonchev–Trinajstić information content (AvgIpc) is 2.99. The van der Waals surface area contributed by atoms with E-state index in [1.807, 2.05) is 12.1 Å². The maximum Gasteiger partial charge on any atom is 0.241 e. The Labute approximate surface area is 145 Å². The number of amides is 1. The van der Waals surface area contributed by atoms with E-state index in [2.05, 4.69) is 41.5 Å². The third-order valence-corrected chi connectivity index (χ3v) is 4.33. The lowest BCUT2D eigenvalue weighted by molar-refractivity contribution is -0.113. The molecule has 0 spiro atoms. The Bertz CT molecular complexity index is 629. The van der Waals surface area contributed by atoms with Crippen LogP contribution in [0.1, 0.15) is 36.8 Å². The summed E-state index contributed by atoms with van der Waals surface area (Å²) in [7, 11) is 0. The molecule has 23 heavy (non-hydrogen) atoms. The number of aromatic nitrogens is 2. The lowest BCUT2D eigenvalue weighted by Crippen LogP contribution is -2.12. The number of ether oxygens (including phenoxy) is 1. The Morgan fingerprint density at radius 2 is 2.04 bits per heavy atom. The summed E-state index contributed by atoms with van der Waals surface area (Å²) in [5.74, 6) is 1.04. The molecule has 2 aromatic rings. The minimum absolute atomic E-state index is 0.0850. The molecule has 0 aliphatic heterocycles. The molecular formula is C16H20ClN3O2S. The third kappa shape index (κ3) is 5.80. The van der Waals surface area contributed by atoms with Gasteiger partial charge < -0.3 is 4.74 Å². The number of hydrogen-bond donors (Lipinski definition) is 1. The number of hydrogen-bond acceptors (Lipinski definition) is 5. The van der Waals surface area contributed by atoms with E-state index < -0.39 is 0 Å². The average molecular weight is 354 g/mol. The summed E-state index contributed by atoms with van der Waals surface area (Å²) in [4.78, 5) is 11.1. The van der Waals surface area contributed by atoms with Gasteiger partial charge in [0.2, 0.25) is 11.0 Å². The van der Waals surface area contributed by atoms with Crippen LogP contribution in [0.25, 0.3) is 0 Å². The Hall–Kier alpha value is -1.66. The normalized spacial score (nSPS) is 10.8. The Kier molecular flexibility index (Phi) is 6.80. The number of halogens is 1. The SMILES string of the molecule is CC(C)c1ccc(OCCCc2nnc(NC(=O)CCl)s2)cc1. The molecule has 0 fully saturated rings. The van der Waals surface area contributed by atoms with Crippen LogP contribution in [0.3, 0.4) is 0 Å². The van der Waals surface area contributed by atoms with Gasteiger partial charge in [-0.25, -0.2) is 0 Å². The van der Waals surface area contributed by atoms with Crippen LogP contribution >= 0.6 is 22.9 Å². The number of carbonyl (C=O) groups excluding carboxylic acids is 1. The minimum Gasteiger partial charge on any atom is -0.494 e. The lowest BCUT2D eigenvalue weighted by Gasteiger charge is -2.08. The smallest absolute Gasteiger partial charge is 0.241 e. The Morgan fingerprint density at radius 3 is 2.70 bits per heavy atom. The third-order valence-electron chi connectivity index (χ3n) is 3.19. The van der Waals surface area contributed by atoms with Crippen molar-refractivity contribution < 1.29 is 9.53 Å². The number of nitrogens with one attached hydrogen (secondary N) is 1. The van der Waals surface area contributed by atoms with Crippen LogP contribution in [0.4, 0.5) is 5.13 Å². The maximum atomic E-state index is 11.1. The van der Waals surface area contributed by atoms with Gasteiger partial charge in [0.05, 0.1) is 6.61 Å². The molecule has 124 valence electrons. The van der Waals surface area contributed by atoms with Crippen LogP contribution in [-0.4, -0.2) is 28.6 Å². The molecule has 5 nitrogen and oxygen atoms in total. The molecule has 0 unspecified atom stereocenters. The first-order valence-electron chi connectivity index (χ1n) is 7.49. The van der Waals surface area contributed by atoms with Crippen molar-refractivity contribution in [2.75, 3.05) is 17.8 Å². The summed E-state index contributed by atoms with van der Waals surface area (Å²) in [6.45, 7) is 4.95. The van der Waals surface area contributed by atoms with Gasteiger partial charge in [-0.15, -0.1) is 21.8 Å². The molecular weight excluding hydrogens is 334 g/mol. The van der Waals surface area contributed by atoms with Crippen LogP contribution in [0, 0.1) is 0 Å². The molecule has 0 radical (unpaired) electrons. The fraction of sp³-hybridized carbons (Fsp3) is 0.438. The molecule has 1 amide bonds. The van der Waals surface area contributed by atoms with Crippen molar-refractivity contribution in [3.63, 3.8) is 0 Å². The van der Waals surface area contributed by atoms with Crippen LogP contribution < -0.4 is 10.1 Å². The van der Waals surface area contributed by atoms with Gasteiger partial charge in [-0.05, 0) is 30.0 Å². The van der Waals surface area contributed by atoms with Crippen molar-refractivity contribution in [1.82, 2.24) is 10.2 Å². The Morgan fingerprint density at radius 1 is 1.30 bits per heavy atom. The highest BCUT2D eigenvalue weighted by molar-refractivity contribution is 7.15. The van der Waals surface area contributed by atoms with E-state index in [4.69, 9.17) is 16.3 Å². The van der Waals surface area contributed by atoms with Crippen LogP contribution in [0.15, 0.2) is 24.3 Å². The molecule has 2 rings (SSSR count). The summed E-state index contributed by atoms with van der Waals surface area (Å²) in [5, 5.41) is 11.9. The molecule has 0 aliphatic rings. The lowest BCUT2D eigenvalue weighted by atomic mass is 10.0. The molecule has 1 heterocycles. The van der Waals surface area contributed by atoms with Gasteiger partial charge >= 0.3 is 0 Å². The predicted molar refractivity (Wildman–Crippen MR) is 93.6 cm³/mol. The first-order valence-corrected chi connectivity index (χ1v) is 8.84. The van der Waals surface area contributed by atoms with E-state index in [-0.39, 0.29) is 11.8 Å². The van der Waals surface area contributed by atoms with Crippen molar-refractivity contribution in [1.29, 1.82) is 0 Å². The van der Waals surface area contributed by atoms with Crippen LogP contribution in [0.5, 0.6) is 5.75 Å². The van der Waals surface area contributed by atoms with Gasteiger partial charge in [-0.2, -0.15) is 0 Å². The fourth-order valence-electron chi connectivity index (χ4n) is 1.92. The quantitative estimate of drug-likeness (QED) is 0.578. The highest BCUT2D eigenvalue weighted by Gasteiger charge is 2.07. The highest BCUT2D eigenvalue weighted by atomic mass is 35.5. The van der Waals surface area contributed by atoms with Crippen molar-refractivity contribution >= 4 is 34.0 Å². The van der Waals surface area contributed by atoms with E-state index in [1.165, 1.54) is 16.9 Å². The number of benzene rings is 1. The molecule has 1 aromatic carbocycles. The second kappa shape index (κ2) is 8.84. The van der Waals surface area contributed by atoms with E-state index in [1.54, 1.807) is 0 Å². The fourth-order valence-corrected chi connectivity index (χ4v) is 2.78. The first-order chi connectivity index (χ1) is 11.1. The van der Waals surface area contributed by atoms with E-state index >= 15 is 0 Å². The van der Waals surface area contributed by atoms with E-state index in [0.29, 0.717) is 17.7 Å². The van der Waals surface area contributed by atoms with Crippen molar-refractivity contribution in [3.8, 4) is 5.75 Å². The van der Waals surface area contributed by atoms with Gasteiger partial charge in [-0.3, -0.25) is 10.1 Å². The predicted octanol–water partition coefficient (Wildman–Crippen LogP) is 3.85. The van der Waals surface area contributed by atoms with Gasteiger partial charge in [0.15, 0.2) is 0 Å². The topological polar surface area (TPSA) is 64.1 Å². The van der Waals surface area contributed by atoms with E-state index in [0.717, 1.165) is 23.6 Å². The highest BCUT2D eigenvalue weighted by Crippen LogP contribution is 2.19. The zero-order chi connectivity index (χ0) is 16.7. The number of aryl methyl sites for hydroxylation is 1. The molecule has 0 aliphatic carbocycles. The van der Waals surface area contributed by atoms with Gasteiger partial charge in [-0.1, -0.05) is 37.3 Å².